The Hall–Kier alpha value is -2.05. The van der Waals surface area contributed by atoms with E-state index in [4.69, 9.17) is 0 Å². The van der Waals surface area contributed by atoms with Gasteiger partial charge in [0, 0.05) is 4.91 Å². The van der Waals surface area contributed by atoms with Crippen LogP contribution in [-0.4, -0.2) is 23.4 Å². The smallest absolute Gasteiger partial charge is 0.233 e. The lowest BCUT2D eigenvalue weighted by Crippen LogP contribution is -2.47. The van der Waals surface area contributed by atoms with Crippen molar-refractivity contribution < 1.29 is 8.42 Å². The SMILES string of the molecule is C=C1SC(=Nc2ccccc2)N(S(=O)(=O)c2ccc(C)cc2)[C@]1(C)CC. The van der Waals surface area contributed by atoms with Gasteiger partial charge in [0.1, 0.15) is 0 Å². The number of hydrogen-bond donors (Lipinski definition) is 0. The molecule has 26 heavy (non-hydrogen) atoms. The number of para-hydroxylation sites is 1. The fraction of sp³-hybridized carbons (Fsp3) is 0.250. The number of rotatable bonds is 4. The Morgan fingerprint density at radius 2 is 1.73 bits per heavy atom. The molecule has 0 aliphatic carbocycles. The van der Waals surface area contributed by atoms with Crippen molar-refractivity contribution in [2.75, 3.05) is 0 Å². The van der Waals surface area contributed by atoms with Gasteiger partial charge in [-0.15, -0.1) is 0 Å². The summed E-state index contributed by atoms with van der Waals surface area (Å²) in [7, 11) is -3.76. The fourth-order valence-electron chi connectivity index (χ4n) is 2.79. The molecule has 0 amide bonds. The van der Waals surface area contributed by atoms with Crippen LogP contribution in [0.25, 0.3) is 0 Å². The molecule has 6 heteroatoms. The van der Waals surface area contributed by atoms with Crippen molar-refractivity contribution >= 4 is 32.6 Å². The lowest BCUT2D eigenvalue weighted by atomic mass is 9.99. The van der Waals surface area contributed by atoms with Gasteiger partial charge in [-0.1, -0.05) is 61.2 Å². The van der Waals surface area contributed by atoms with Gasteiger partial charge in [0.25, 0.3) is 10.0 Å². The Morgan fingerprint density at radius 3 is 2.31 bits per heavy atom. The van der Waals surface area contributed by atoms with E-state index in [1.54, 1.807) is 12.1 Å². The van der Waals surface area contributed by atoms with Crippen LogP contribution in [-0.2, 0) is 10.0 Å². The highest BCUT2D eigenvalue weighted by atomic mass is 32.2. The molecule has 1 atom stereocenters. The average Bonchev–Trinajstić information content (AvgIpc) is 2.87. The summed E-state index contributed by atoms with van der Waals surface area (Å²) in [5.41, 5.74) is 1.01. The van der Waals surface area contributed by atoms with Gasteiger partial charge in [0.15, 0.2) is 5.17 Å². The van der Waals surface area contributed by atoms with E-state index in [1.807, 2.05) is 63.2 Å². The van der Waals surface area contributed by atoms with Crippen molar-refractivity contribution in [2.24, 2.45) is 4.99 Å². The first-order chi connectivity index (χ1) is 12.3. The molecule has 0 N–H and O–H groups in total. The molecule has 0 saturated carbocycles. The summed E-state index contributed by atoms with van der Waals surface area (Å²) in [5.74, 6) is 0. The lowest BCUT2D eigenvalue weighted by Gasteiger charge is -2.34. The van der Waals surface area contributed by atoms with Crippen LogP contribution in [0.1, 0.15) is 25.8 Å². The molecule has 2 aromatic rings. The maximum absolute atomic E-state index is 13.5. The van der Waals surface area contributed by atoms with Crippen molar-refractivity contribution in [3.63, 3.8) is 0 Å². The maximum Gasteiger partial charge on any atom is 0.266 e. The van der Waals surface area contributed by atoms with Gasteiger partial charge in [-0.05, 0) is 44.5 Å². The van der Waals surface area contributed by atoms with Gasteiger partial charge in [-0.2, -0.15) is 0 Å². The van der Waals surface area contributed by atoms with Gasteiger partial charge in [-0.3, -0.25) is 0 Å². The topological polar surface area (TPSA) is 49.7 Å². The summed E-state index contributed by atoms with van der Waals surface area (Å²) in [4.78, 5) is 5.65. The first-order valence-corrected chi connectivity index (χ1v) is 10.7. The van der Waals surface area contributed by atoms with Gasteiger partial charge >= 0.3 is 0 Å². The van der Waals surface area contributed by atoms with Gasteiger partial charge in [0.05, 0.1) is 16.1 Å². The Bertz CT molecular complexity index is 951. The van der Waals surface area contributed by atoms with Gasteiger partial charge in [0.2, 0.25) is 0 Å². The minimum Gasteiger partial charge on any atom is -0.233 e. The molecule has 0 unspecified atom stereocenters. The van der Waals surface area contributed by atoms with Crippen LogP contribution in [0, 0.1) is 6.92 Å². The van der Waals surface area contributed by atoms with Crippen molar-refractivity contribution in [1.82, 2.24) is 4.31 Å². The summed E-state index contributed by atoms with van der Waals surface area (Å²) >= 11 is 1.33. The number of aliphatic imine (C=N–C) groups is 1. The second kappa shape index (κ2) is 6.93. The highest BCUT2D eigenvalue weighted by Gasteiger charge is 2.50. The van der Waals surface area contributed by atoms with Crippen LogP contribution < -0.4 is 0 Å². The fourth-order valence-corrected chi connectivity index (χ4v) is 6.07. The van der Waals surface area contributed by atoms with Crippen LogP contribution in [0.4, 0.5) is 5.69 Å². The third-order valence-corrected chi connectivity index (χ3v) is 7.85. The third kappa shape index (κ3) is 3.19. The molecule has 1 fully saturated rings. The van der Waals surface area contributed by atoms with Crippen molar-refractivity contribution in [3.05, 3.63) is 71.6 Å². The Kier molecular flexibility index (Phi) is 4.99. The van der Waals surface area contributed by atoms with E-state index < -0.39 is 15.6 Å². The minimum atomic E-state index is -3.76. The number of hydrogen-bond acceptors (Lipinski definition) is 4. The molecule has 1 aliphatic heterocycles. The van der Waals surface area contributed by atoms with E-state index in [0.29, 0.717) is 17.3 Å². The second-order valence-electron chi connectivity index (χ2n) is 6.47. The molecular formula is C20H22N2O2S2. The van der Waals surface area contributed by atoms with Gasteiger partial charge in [-0.25, -0.2) is 17.7 Å². The normalized spacial score (nSPS) is 22.2. The monoisotopic (exact) mass is 386 g/mol. The molecule has 1 aliphatic rings. The summed E-state index contributed by atoms with van der Waals surface area (Å²) in [6, 6.07) is 16.3. The summed E-state index contributed by atoms with van der Waals surface area (Å²) in [6.45, 7) is 9.92. The molecule has 4 nitrogen and oxygen atoms in total. The van der Waals surface area contributed by atoms with Crippen LogP contribution in [0.15, 0.2) is 76.0 Å². The Labute approximate surface area is 159 Å². The predicted octanol–water partition coefficient (Wildman–Crippen LogP) is 5.10. The van der Waals surface area contributed by atoms with E-state index in [-0.39, 0.29) is 4.90 Å². The number of benzene rings is 2. The molecule has 0 aromatic heterocycles. The predicted molar refractivity (Wildman–Crippen MR) is 109 cm³/mol. The second-order valence-corrected chi connectivity index (χ2v) is 9.31. The molecule has 1 heterocycles. The quantitative estimate of drug-likeness (QED) is 0.734. The molecule has 0 radical (unpaired) electrons. The van der Waals surface area contributed by atoms with E-state index in [1.165, 1.54) is 16.1 Å². The minimum absolute atomic E-state index is 0.263. The summed E-state index contributed by atoms with van der Waals surface area (Å²) in [6.07, 6.45) is 0.609. The van der Waals surface area contributed by atoms with Crippen LogP contribution in [0.5, 0.6) is 0 Å². The van der Waals surface area contributed by atoms with Gasteiger partial charge < -0.3 is 0 Å². The first-order valence-electron chi connectivity index (χ1n) is 8.42. The number of aryl methyl sites for hydroxylation is 1. The molecular weight excluding hydrogens is 364 g/mol. The van der Waals surface area contributed by atoms with E-state index in [0.717, 1.165) is 10.5 Å². The number of thioether (sulfide) groups is 1. The maximum atomic E-state index is 13.5. The zero-order valence-corrected chi connectivity index (χ0v) is 16.8. The molecule has 2 aromatic carbocycles. The number of sulfonamides is 1. The molecule has 1 saturated heterocycles. The molecule has 3 rings (SSSR count). The zero-order valence-electron chi connectivity index (χ0n) is 15.1. The van der Waals surface area contributed by atoms with Crippen LogP contribution in [0.2, 0.25) is 0 Å². The van der Waals surface area contributed by atoms with Crippen molar-refractivity contribution in [1.29, 1.82) is 0 Å². The number of nitrogens with zero attached hydrogens (tertiary/aromatic N) is 2. The third-order valence-electron chi connectivity index (χ3n) is 4.67. The van der Waals surface area contributed by atoms with Crippen LogP contribution >= 0.6 is 11.8 Å². The zero-order chi connectivity index (χ0) is 18.9. The average molecular weight is 387 g/mol. The summed E-state index contributed by atoms with van der Waals surface area (Å²) in [5, 5.41) is 0.436. The Morgan fingerprint density at radius 1 is 1.12 bits per heavy atom. The van der Waals surface area contributed by atoms with Crippen molar-refractivity contribution in [2.45, 2.75) is 37.6 Å². The largest absolute Gasteiger partial charge is 0.266 e. The molecule has 0 bridgehead atoms. The molecule has 0 spiro atoms. The highest BCUT2D eigenvalue weighted by Crippen LogP contribution is 2.47. The standard InChI is InChI=1S/C20H22N2O2S2/c1-5-20(4)16(3)25-19(21-17-9-7-6-8-10-17)22(20)26(23,24)18-13-11-15(2)12-14-18/h6-14H,3,5H2,1-2,4H3/t20-/m1/s1. The highest BCUT2D eigenvalue weighted by molar-refractivity contribution is 8.18. The van der Waals surface area contributed by atoms with E-state index in [2.05, 4.69) is 11.6 Å². The van der Waals surface area contributed by atoms with E-state index in [9.17, 15) is 8.42 Å². The van der Waals surface area contributed by atoms with Crippen LogP contribution in [0.3, 0.4) is 0 Å². The van der Waals surface area contributed by atoms with E-state index >= 15 is 0 Å². The van der Waals surface area contributed by atoms with Crippen molar-refractivity contribution in [3.8, 4) is 0 Å². The number of amidine groups is 1. The first kappa shape index (κ1) is 18.7. The summed E-state index contributed by atoms with van der Waals surface area (Å²) < 4.78 is 28.3. The lowest BCUT2D eigenvalue weighted by molar-refractivity contribution is 0.354. The Balaban J connectivity index is 2.16. The molecule has 136 valence electrons.